The van der Waals surface area contributed by atoms with Gasteiger partial charge in [-0.05, 0) is 42.0 Å². The standard InChI is InChI=1S/C18H19N3O2/c1-22-17-7-5-15(6-8-17)18-12-21(11-10-20-18)14-23-13-16-4-2-3-9-19-16/h2-11H,12-14H2,1H3. The van der Waals surface area contributed by atoms with Crippen LogP contribution in [-0.2, 0) is 11.3 Å². The molecule has 2 aromatic rings. The lowest BCUT2D eigenvalue weighted by atomic mass is 10.1. The molecule has 2 heterocycles. The Bertz CT molecular complexity index is 681. The van der Waals surface area contributed by atoms with E-state index in [0.29, 0.717) is 19.9 Å². The first-order chi connectivity index (χ1) is 11.3. The summed E-state index contributed by atoms with van der Waals surface area (Å²) in [7, 11) is 1.66. The second-order valence-corrected chi connectivity index (χ2v) is 5.15. The van der Waals surface area contributed by atoms with E-state index in [1.165, 1.54) is 0 Å². The third-order valence-electron chi connectivity index (χ3n) is 3.52. The molecule has 23 heavy (non-hydrogen) atoms. The number of ether oxygens (including phenoxy) is 2. The summed E-state index contributed by atoms with van der Waals surface area (Å²) < 4.78 is 10.9. The number of hydrogen-bond acceptors (Lipinski definition) is 5. The van der Waals surface area contributed by atoms with Crippen LogP contribution in [0.15, 0.2) is 66.1 Å². The number of benzene rings is 1. The fourth-order valence-corrected chi connectivity index (χ4v) is 2.29. The molecule has 1 aliphatic rings. The van der Waals surface area contributed by atoms with Gasteiger partial charge < -0.3 is 14.4 Å². The van der Waals surface area contributed by atoms with Gasteiger partial charge in [-0.1, -0.05) is 6.07 Å². The van der Waals surface area contributed by atoms with E-state index in [-0.39, 0.29) is 0 Å². The SMILES string of the molecule is COc1ccc(C2=NC=CN(COCc3ccccn3)C2)cc1. The number of nitrogens with zero attached hydrogens (tertiary/aromatic N) is 3. The van der Waals surface area contributed by atoms with Crippen molar-refractivity contribution in [2.24, 2.45) is 4.99 Å². The Balaban J connectivity index is 1.53. The molecule has 1 aromatic heterocycles. The van der Waals surface area contributed by atoms with E-state index in [0.717, 1.165) is 22.7 Å². The maximum absolute atomic E-state index is 5.72. The van der Waals surface area contributed by atoms with Crippen LogP contribution < -0.4 is 4.74 Å². The fraction of sp³-hybridized carbons (Fsp3) is 0.222. The maximum Gasteiger partial charge on any atom is 0.119 e. The molecule has 0 amide bonds. The highest BCUT2D eigenvalue weighted by atomic mass is 16.5. The highest BCUT2D eigenvalue weighted by Gasteiger charge is 2.11. The molecule has 118 valence electrons. The van der Waals surface area contributed by atoms with Gasteiger partial charge in [0, 0.05) is 18.6 Å². The van der Waals surface area contributed by atoms with Gasteiger partial charge in [0.15, 0.2) is 0 Å². The number of rotatable bonds is 6. The van der Waals surface area contributed by atoms with Gasteiger partial charge in [-0.2, -0.15) is 0 Å². The minimum atomic E-state index is 0.500. The normalized spacial score (nSPS) is 13.8. The van der Waals surface area contributed by atoms with Crippen molar-refractivity contribution in [2.75, 3.05) is 20.4 Å². The van der Waals surface area contributed by atoms with Gasteiger partial charge in [0.05, 0.1) is 31.7 Å². The van der Waals surface area contributed by atoms with Gasteiger partial charge in [0.2, 0.25) is 0 Å². The predicted octanol–water partition coefficient (Wildman–Crippen LogP) is 2.84. The molecule has 0 radical (unpaired) electrons. The third kappa shape index (κ3) is 4.17. The predicted molar refractivity (Wildman–Crippen MR) is 89.3 cm³/mol. The molecule has 1 aliphatic heterocycles. The average molecular weight is 309 g/mol. The zero-order valence-electron chi connectivity index (χ0n) is 13.1. The summed E-state index contributed by atoms with van der Waals surface area (Å²) in [5.41, 5.74) is 3.03. The number of hydrogen-bond donors (Lipinski definition) is 0. The number of pyridine rings is 1. The second kappa shape index (κ2) is 7.56. The number of methoxy groups -OCH3 is 1. The van der Waals surface area contributed by atoms with Crippen molar-refractivity contribution in [3.63, 3.8) is 0 Å². The molecule has 0 bridgehead atoms. The van der Waals surface area contributed by atoms with Crippen LogP contribution in [0.5, 0.6) is 5.75 Å². The Morgan fingerprint density at radius 2 is 2.00 bits per heavy atom. The van der Waals surface area contributed by atoms with Crippen molar-refractivity contribution in [1.82, 2.24) is 9.88 Å². The number of aromatic nitrogens is 1. The van der Waals surface area contributed by atoms with Gasteiger partial charge in [0.1, 0.15) is 12.5 Å². The summed E-state index contributed by atoms with van der Waals surface area (Å²) >= 11 is 0. The third-order valence-corrected chi connectivity index (χ3v) is 3.52. The molecule has 0 saturated heterocycles. The van der Waals surface area contributed by atoms with Crippen LogP contribution in [0.25, 0.3) is 0 Å². The second-order valence-electron chi connectivity index (χ2n) is 5.15. The van der Waals surface area contributed by atoms with Crippen LogP contribution in [0.2, 0.25) is 0 Å². The molecule has 0 saturated carbocycles. The van der Waals surface area contributed by atoms with Crippen LogP contribution in [0.4, 0.5) is 0 Å². The van der Waals surface area contributed by atoms with Crippen molar-refractivity contribution in [1.29, 1.82) is 0 Å². The molecule has 5 heteroatoms. The van der Waals surface area contributed by atoms with Crippen molar-refractivity contribution < 1.29 is 9.47 Å². The van der Waals surface area contributed by atoms with Crippen LogP contribution in [-0.4, -0.2) is 36.0 Å². The van der Waals surface area contributed by atoms with Gasteiger partial charge in [-0.15, -0.1) is 0 Å². The quantitative estimate of drug-likeness (QED) is 0.823. The summed E-state index contributed by atoms with van der Waals surface area (Å²) in [6, 6.07) is 13.7. The van der Waals surface area contributed by atoms with E-state index in [4.69, 9.17) is 9.47 Å². The van der Waals surface area contributed by atoms with Crippen LogP contribution >= 0.6 is 0 Å². The van der Waals surface area contributed by atoms with Crippen LogP contribution in [0.3, 0.4) is 0 Å². The number of aliphatic imine (C=N–C) groups is 1. The van der Waals surface area contributed by atoms with E-state index in [1.807, 2.05) is 48.7 Å². The van der Waals surface area contributed by atoms with Gasteiger partial charge in [-0.25, -0.2) is 0 Å². The lowest BCUT2D eigenvalue weighted by Crippen LogP contribution is -2.30. The van der Waals surface area contributed by atoms with Gasteiger partial charge in [-0.3, -0.25) is 9.98 Å². The first-order valence-electron chi connectivity index (χ1n) is 7.44. The van der Waals surface area contributed by atoms with E-state index in [9.17, 15) is 0 Å². The smallest absolute Gasteiger partial charge is 0.119 e. The molecule has 3 rings (SSSR count). The van der Waals surface area contributed by atoms with Gasteiger partial charge >= 0.3 is 0 Å². The Morgan fingerprint density at radius 3 is 2.74 bits per heavy atom. The van der Waals surface area contributed by atoms with E-state index >= 15 is 0 Å². The molecule has 0 N–H and O–H groups in total. The minimum absolute atomic E-state index is 0.500. The topological polar surface area (TPSA) is 47.0 Å². The molecular formula is C18H19N3O2. The largest absolute Gasteiger partial charge is 0.497 e. The Kier molecular flexibility index (Phi) is 5.01. The molecule has 0 aliphatic carbocycles. The highest BCUT2D eigenvalue weighted by Crippen LogP contribution is 2.14. The lowest BCUT2D eigenvalue weighted by Gasteiger charge is -2.23. The van der Waals surface area contributed by atoms with Crippen molar-refractivity contribution in [3.8, 4) is 5.75 Å². The first kappa shape index (κ1) is 15.2. The van der Waals surface area contributed by atoms with E-state index < -0.39 is 0 Å². The van der Waals surface area contributed by atoms with E-state index in [2.05, 4.69) is 14.9 Å². The molecule has 0 spiro atoms. The van der Waals surface area contributed by atoms with Crippen molar-refractivity contribution in [3.05, 3.63) is 72.3 Å². The van der Waals surface area contributed by atoms with Crippen molar-refractivity contribution >= 4 is 5.71 Å². The average Bonchev–Trinajstić information content (AvgIpc) is 2.63. The summed E-state index contributed by atoms with van der Waals surface area (Å²) in [4.78, 5) is 10.8. The summed E-state index contributed by atoms with van der Waals surface area (Å²) in [5.74, 6) is 0.844. The van der Waals surface area contributed by atoms with Crippen molar-refractivity contribution in [2.45, 2.75) is 6.61 Å². The lowest BCUT2D eigenvalue weighted by molar-refractivity contribution is 0.0475. The zero-order chi connectivity index (χ0) is 15.9. The maximum atomic E-state index is 5.72. The fourth-order valence-electron chi connectivity index (χ4n) is 2.29. The monoisotopic (exact) mass is 309 g/mol. The molecule has 5 nitrogen and oxygen atoms in total. The molecule has 0 atom stereocenters. The Labute approximate surface area is 135 Å². The summed E-state index contributed by atoms with van der Waals surface area (Å²) in [6.07, 6.45) is 5.51. The molecular weight excluding hydrogens is 290 g/mol. The van der Waals surface area contributed by atoms with Gasteiger partial charge in [0.25, 0.3) is 0 Å². The Morgan fingerprint density at radius 1 is 1.13 bits per heavy atom. The van der Waals surface area contributed by atoms with Crippen LogP contribution in [0.1, 0.15) is 11.3 Å². The zero-order valence-corrected chi connectivity index (χ0v) is 13.1. The summed E-state index contributed by atoms with van der Waals surface area (Å²) in [6.45, 7) is 1.72. The summed E-state index contributed by atoms with van der Waals surface area (Å²) in [5, 5.41) is 0. The molecule has 0 unspecified atom stereocenters. The van der Waals surface area contributed by atoms with Crippen LogP contribution in [0, 0.1) is 0 Å². The molecule has 1 aromatic carbocycles. The Hall–Kier alpha value is -2.66. The minimum Gasteiger partial charge on any atom is -0.497 e. The highest BCUT2D eigenvalue weighted by molar-refractivity contribution is 6.02. The molecule has 0 fully saturated rings. The first-order valence-corrected chi connectivity index (χ1v) is 7.44. The van der Waals surface area contributed by atoms with E-state index in [1.54, 1.807) is 19.5 Å².